The zero-order valence-corrected chi connectivity index (χ0v) is 10.4. The summed E-state index contributed by atoms with van der Waals surface area (Å²) in [5, 5.41) is 4.57. The topological polar surface area (TPSA) is 28.7 Å². The molecule has 2 nitrogen and oxygen atoms in total. The Hall–Kier alpha value is -2.13. The highest BCUT2D eigenvalue weighted by atomic mass is 32.1. The van der Waals surface area contributed by atoms with E-state index in [1.807, 2.05) is 12.3 Å². The van der Waals surface area contributed by atoms with Gasteiger partial charge in [-0.25, -0.2) is 4.98 Å². The van der Waals surface area contributed by atoms with Gasteiger partial charge in [-0.3, -0.25) is 0 Å². The standard InChI is InChI=1S/C15H10N2S/c1-4-10(13-7-3-9-18-13)14-11-5-2-8-16-15(11)17-12(14)6-1/h1-9H,(H,16,17). The summed E-state index contributed by atoms with van der Waals surface area (Å²) in [6.07, 6.45) is 1.82. The zero-order valence-electron chi connectivity index (χ0n) is 9.55. The Morgan fingerprint density at radius 3 is 2.89 bits per heavy atom. The number of rotatable bonds is 1. The van der Waals surface area contributed by atoms with Crippen LogP contribution in [0, 0.1) is 0 Å². The van der Waals surface area contributed by atoms with Crippen molar-refractivity contribution in [1.29, 1.82) is 0 Å². The molecule has 0 saturated carbocycles. The fourth-order valence-corrected chi connectivity index (χ4v) is 3.18. The van der Waals surface area contributed by atoms with Gasteiger partial charge in [0.25, 0.3) is 0 Å². The number of nitrogens with one attached hydrogen (secondary N) is 1. The third-order valence-corrected chi connectivity index (χ3v) is 4.08. The van der Waals surface area contributed by atoms with Crippen molar-refractivity contribution in [3.05, 3.63) is 54.0 Å². The number of pyridine rings is 1. The second-order valence-electron chi connectivity index (χ2n) is 4.23. The number of aromatic amines is 1. The Morgan fingerprint density at radius 2 is 2.00 bits per heavy atom. The molecule has 3 aromatic heterocycles. The Labute approximate surface area is 108 Å². The van der Waals surface area contributed by atoms with Crippen molar-refractivity contribution < 1.29 is 0 Å². The summed E-state index contributed by atoms with van der Waals surface area (Å²) < 4.78 is 0. The summed E-state index contributed by atoms with van der Waals surface area (Å²) in [4.78, 5) is 9.06. The predicted octanol–water partition coefficient (Wildman–Crippen LogP) is 4.44. The van der Waals surface area contributed by atoms with Gasteiger partial charge in [0.05, 0.1) is 0 Å². The lowest BCUT2D eigenvalue weighted by Gasteiger charge is -2.00. The molecular formula is C15H10N2S. The molecule has 0 bridgehead atoms. The first-order valence-corrected chi connectivity index (χ1v) is 6.71. The number of aromatic nitrogens is 2. The molecule has 1 N–H and O–H groups in total. The van der Waals surface area contributed by atoms with Crippen molar-refractivity contribution >= 4 is 33.3 Å². The number of hydrogen-bond donors (Lipinski definition) is 1. The fourth-order valence-electron chi connectivity index (χ4n) is 2.42. The number of benzene rings is 1. The highest BCUT2D eigenvalue weighted by molar-refractivity contribution is 7.13. The molecule has 0 unspecified atom stereocenters. The van der Waals surface area contributed by atoms with Crippen molar-refractivity contribution in [2.24, 2.45) is 0 Å². The van der Waals surface area contributed by atoms with Gasteiger partial charge >= 0.3 is 0 Å². The Balaban J connectivity index is 2.21. The van der Waals surface area contributed by atoms with E-state index in [0.717, 1.165) is 11.2 Å². The maximum atomic E-state index is 4.39. The van der Waals surface area contributed by atoms with Crippen LogP contribution in [-0.4, -0.2) is 9.97 Å². The third kappa shape index (κ3) is 1.31. The third-order valence-electron chi connectivity index (χ3n) is 3.18. The van der Waals surface area contributed by atoms with Gasteiger partial charge < -0.3 is 4.98 Å². The van der Waals surface area contributed by atoms with E-state index in [2.05, 4.69) is 51.7 Å². The van der Waals surface area contributed by atoms with E-state index < -0.39 is 0 Å². The average Bonchev–Trinajstić information content (AvgIpc) is 3.05. The molecule has 3 heterocycles. The van der Waals surface area contributed by atoms with Crippen LogP contribution in [0.25, 0.3) is 32.4 Å². The Bertz CT molecular complexity index is 828. The monoisotopic (exact) mass is 250 g/mol. The van der Waals surface area contributed by atoms with Crippen LogP contribution >= 0.6 is 11.3 Å². The number of hydrogen-bond acceptors (Lipinski definition) is 2. The van der Waals surface area contributed by atoms with Gasteiger partial charge in [0.2, 0.25) is 0 Å². The molecule has 1 aromatic carbocycles. The van der Waals surface area contributed by atoms with E-state index in [0.29, 0.717) is 0 Å². The van der Waals surface area contributed by atoms with Gasteiger partial charge in [-0.2, -0.15) is 0 Å². The van der Waals surface area contributed by atoms with Crippen LogP contribution in [0.3, 0.4) is 0 Å². The van der Waals surface area contributed by atoms with E-state index in [1.54, 1.807) is 11.3 Å². The lowest BCUT2D eigenvalue weighted by atomic mass is 10.1. The first-order chi connectivity index (χ1) is 8.93. The summed E-state index contributed by atoms with van der Waals surface area (Å²) in [6.45, 7) is 0. The van der Waals surface area contributed by atoms with E-state index >= 15 is 0 Å². The molecule has 4 aromatic rings. The van der Waals surface area contributed by atoms with Gasteiger partial charge in [0.1, 0.15) is 5.65 Å². The van der Waals surface area contributed by atoms with E-state index in [9.17, 15) is 0 Å². The molecular weight excluding hydrogens is 240 g/mol. The summed E-state index contributed by atoms with van der Waals surface area (Å²) in [7, 11) is 0. The van der Waals surface area contributed by atoms with Gasteiger partial charge in [0, 0.05) is 32.9 Å². The summed E-state index contributed by atoms with van der Waals surface area (Å²) in [5.41, 5.74) is 3.38. The molecule has 0 aliphatic carbocycles. The van der Waals surface area contributed by atoms with Crippen molar-refractivity contribution in [1.82, 2.24) is 9.97 Å². The van der Waals surface area contributed by atoms with Gasteiger partial charge in [0.15, 0.2) is 0 Å². The molecule has 0 fully saturated rings. The quantitative estimate of drug-likeness (QED) is 0.531. The van der Waals surface area contributed by atoms with Crippen molar-refractivity contribution in [2.45, 2.75) is 0 Å². The molecule has 4 rings (SSSR count). The van der Waals surface area contributed by atoms with Crippen LogP contribution < -0.4 is 0 Å². The number of fused-ring (bicyclic) bond motifs is 3. The number of thiophene rings is 1. The minimum Gasteiger partial charge on any atom is -0.339 e. The highest BCUT2D eigenvalue weighted by Gasteiger charge is 2.10. The molecule has 0 saturated heterocycles. The molecule has 3 heteroatoms. The zero-order chi connectivity index (χ0) is 11.9. The Kier molecular flexibility index (Phi) is 2.02. The summed E-state index contributed by atoms with van der Waals surface area (Å²) in [6, 6.07) is 14.7. The molecule has 86 valence electrons. The van der Waals surface area contributed by atoms with Crippen LogP contribution in [0.2, 0.25) is 0 Å². The Morgan fingerprint density at radius 1 is 1.00 bits per heavy atom. The maximum Gasteiger partial charge on any atom is 0.138 e. The fraction of sp³-hybridized carbons (Fsp3) is 0. The molecule has 0 amide bonds. The maximum absolute atomic E-state index is 4.39. The molecule has 0 atom stereocenters. The largest absolute Gasteiger partial charge is 0.339 e. The summed E-state index contributed by atoms with van der Waals surface area (Å²) in [5.74, 6) is 0. The van der Waals surface area contributed by atoms with E-state index in [4.69, 9.17) is 0 Å². The van der Waals surface area contributed by atoms with Gasteiger partial charge in [-0.15, -0.1) is 11.3 Å². The van der Waals surface area contributed by atoms with Crippen LogP contribution in [0.5, 0.6) is 0 Å². The predicted molar refractivity (Wildman–Crippen MR) is 76.9 cm³/mol. The molecule has 0 radical (unpaired) electrons. The smallest absolute Gasteiger partial charge is 0.138 e. The SMILES string of the molecule is c1csc(-c2cccc3[nH]c4ncccc4c23)c1. The van der Waals surface area contributed by atoms with Crippen molar-refractivity contribution in [3.63, 3.8) is 0 Å². The number of nitrogens with zero attached hydrogens (tertiary/aromatic N) is 1. The van der Waals surface area contributed by atoms with Crippen LogP contribution in [-0.2, 0) is 0 Å². The first-order valence-electron chi connectivity index (χ1n) is 5.83. The second kappa shape index (κ2) is 3.68. The first kappa shape index (κ1) is 9.85. The molecule has 18 heavy (non-hydrogen) atoms. The normalized spacial score (nSPS) is 11.3. The second-order valence-corrected chi connectivity index (χ2v) is 5.18. The molecule has 0 aliphatic heterocycles. The summed E-state index contributed by atoms with van der Waals surface area (Å²) >= 11 is 1.77. The van der Waals surface area contributed by atoms with Gasteiger partial charge in [-0.05, 0) is 29.6 Å². The minimum absolute atomic E-state index is 0.955. The van der Waals surface area contributed by atoms with Crippen LogP contribution in [0.1, 0.15) is 0 Å². The van der Waals surface area contributed by atoms with E-state index in [1.165, 1.54) is 21.2 Å². The van der Waals surface area contributed by atoms with E-state index in [-0.39, 0.29) is 0 Å². The molecule has 0 aliphatic rings. The lowest BCUT2D eigenvalue weighted by molar-refractivity contribution is 1.35. The van der Waals surface area contributed by atoms with Gasteiger partial charge in [-0.1, -0.05) is 18.2 Å². The van der Waals surface area contributed by atoms with Crippen molar-refractivity contribution in [2.75, 3.05) is 0 Å². The molecule has 0 spiro atoms. The minimum atomic E-state index is 0.955. The number of H-pyrrole nitrogens is 1. The van der Waals surface area contributed by atoms with Crippen LogP contribution in [0.4, 0.5) is 0 Å². The average molecular weight is 250 g/mol. The van der Waals surface area contributed by atoms with Crippen molar-refractivity contribution in [3.8, 4) is 10.4 Å². The van der Waals surface area contributed by atoms with Crippen LogP contribution in [0.15, 0.2) is 54.0 Å². The highest BCUT2D eigenvalue weighted by Crippen LogP contribution is 2.35. The lowest BCUT2D eigenvalue weighted by Crippen LogP contribution is -1.75.